The molecule has 0 aliphatic carbocycles. The molecule has 1 aromatic heterocycles. The number of anilines is 1. The van der Waals surface area contributed by atoms with Gasteiger partial charge in [0.2, 0.25) is 5.91 Å². The van der Waals surface area contributed by atoms with Crippen LogP contribution >= 0.6 is 0 Å². The van der Waals surface area contributed by atoms with Crippen LogP contribution in [0.15, 0.2) is 48.7 Å². The molecule has 0 unspecified atom stereocenters. The van der Waals surface area contributed by atoms with Crippen LogP contribution in [-0.4, -0.2) is 19.0 Å². The predicted molar refractivity (Wildman–Crippen MR) is 110 cm³/mol. The first kappa shape index (κ1) is 22.1. The Balaban J connectivity index is 1.58. The molecule has 0 bridgehead atoms. The average Bonchev–Trinajstić information content (AvgIpc) is 2.73. The standard InChI is InChI=1S/C23H28F3N3O/c1-16(2)14-20(17-6-4-3-5-7-17)28-22(30)18-10-12-29(13-11-18)21-9-8-19(15-27-21)23(24,25)26/h3-9,15-16,18,20H,10-14H2,1-2H3,(H,28,30)/p+1/t20-/m1/s1. The van der Waals surface area contributed by atoms with Gasteiger partial charge in [0.15, 0.2) is 0 Å². The predicted octanol–water partition coefficient (Wildman–Crippen LogP) is 4.64. The van der Waals surface area contributed by atoms with Crippen LogP contribution in [0.3, 0.4) is 0 Å². The van der Waals surface area contributed by atoms with E-state index in [-0.39, 0.29) is 17.9 Å². The molecule has 1 aliphatic rings. The van der Waals surface area contributed by atoms with E-state index in [1.165, 1.54) is 6.07 Å². The lowest BCUT2D eigenvalue weighted by Crippen LogP contribution is -2.43. The lowest BCUT2D eigenvalue weighted by atomic mass is 9.93. The smallest absolute Gasteiger partial charge is 0.349 e. The molecule has 1 atom stereocenters. The number of halogens is 3. The fourth-order valence-corrected chi connectivity index (χ4v) is 3.90. The van der Waals surface area contributed by atoms with Gasteiger partial charge in [0, 0.05) is 12.0 Å². The number of nitrogens with zero attached hydrogens (tertiary/aromatic N) is 1. The van der Waals surface area contributed by atoms with Crippen LogP contribution < -0.4 is 15.2 Å². The Hall–Kier alpha value is -2.57. The van der Waals surface area contributed by atoms with E-state index in [4.69, 9.17) is 0 Å². The number of hydrogen-bond acceptors (Lipinski definition) is 2. The molecule has 1 aliphatic heterocycles. The van der Waals surface area contributed by atoms with E-state index < -0.39 is 11.7 Å². The lowest BCUT2D eigenvalue weighted by Gasteiger charge is -2.29. The summed E-state index contributed by atoms with van der Waals surface area (Å²) in [5.74, 6) is 1.06. The van der Waals surface area contributed by atoms with Crippen LogP contribution in [0.25, 0.3) is 0 Å². The van der Waals surface area contributed by atoms with Gasteiger partial charge in [0.1, 0.15) is 6.20 Å². The molecule has 1 amide bonds. The lowest BCUT2D eigenvalue weighted by molar-refractivity contribution is -0.367. The van der Waals surface area contributed by atoms with E-state index in [1.807, 2.05) is 35.2 Å². The van der Waals surface area contributed by atoms with E-state index in [2.05, 4.69) is 24.1 Å². The molecule has 3 rings (SSSR count). The number of amides is 1. The number of hydrogen-bond donors (Lipinski definition) is 1. The molecule has 0 radical (unpaired) electrons. The van der Waals surface area contributed by atoms with Gasteiger partial charge in [-0.3, -0.25) is 9.69 Å². The summed E-state index contributed by atoms with van der Waals surface area (Å²) in [5, 5.41) is 3.22. The van der Waals surface area contributed by atoms with E-state index in [9.17, 15) is 18.0 Å². The number of aromatic nitrogens is 1. The topological polar surface area (TPSA) is 46.5 Å². The number of piperidine rings is 1. The second-order valence-corrected chi connectivity index (χ2v) is 8.32. The van der Waals surface area contributed by atoms with Crippen molar-refractivity contribution in [2.24, 2.45) is 11.8 Å². The molecule has 1 fully saturated rings. The minimum Gasteiger partial charge on any atom is -0.349 e. The zero-order valence-electron chi connectivity index (χ0n) is 17.4. The Kier molecular flexibility index (Phi) is 7.00. The monoisotopic (exact) mass is 420 g/mol. The molecule has 30 heavy (non-hydrogen) atoms. The number of benzene rings is 1. The molecule has 7 heteroatoms. The summed E-state index contributed by atoms with van der Waals surface area (Å²) < 4.78 is 38.2. The molecule has 4 nitrogen and oxygen atoms in total. The molecule has 1 saturated heterocycles. The maximum absolute atomic E-state index is 12.9. The van der Waals surface area contributed by atoms with Crippen molar-refractivity contribution in [1.29, 1.82) is 0 Å². The Labute approximate surface area is 175 Å². The third-order valence-electron chi connectivity index (χ3n) is 5.56. The summed E-state index contributed by atoms with van der Waals surface area (Å²) in [6, 6.07) is 12.5. The van der Waals surface area contributed by atoms with Gasteiger partial charge in [-0.05, 0) is 36.8 Å². The Morgan fingerprint density at radius 3 is 2.33 bits per heavy atom. The van der Waals surface area contributed by atoms with Gasteiger partial charge in [0.05, 0.1) is 24.7 Å². The number of H-pyrrole nitrogens is 1. The quantitative estimate of drug-likeness (QED) is 0.740. The fourth-order valence-electron chi connectivity index (χ4n) is 3.90. The van der Waals surface area contributed by atoms with Gasteiger partial charge in [0.25, 0.3) is 5.82 Å². The van der Waals surface area contributed by atoms with Crippen molar-refractivity contribution >= 4 is 11.7 Å². The van der Waals surface area contributed by atoms with Crippen molar-refractivity contribution in [3.63, 3.8) is 0 Å². The van der Waals surface area contributed by atoms with E-state index in [1.54, 1.807) is 0 Å². The number of nitrogens with one attached hydrogen (secondary N) is 2. The molecule has 2 aromatic rings. The average molecular weight is 420 g/mol. The van der Waals surface area contributed by atoms with Crippen molar-refractivity contribution in [1.82, 2.24) is 5.32 Å². The zero-order valence-corrected chi connectivity index (χ0v) is 17.4. The van der Waals surface area contributed by atoms with Gasteiger partial charge < -0.3 is 5.32 Å². The number of rotatable bonds is 6. The normalized spacial score (nSPS) is 16.5. The van der Waals surface area contributed by atoms with Crippen LogP contribution in [0.4, 0.5) is 19.0 Å². The fraction of sp³-hybridized carbons (Fsp3) is 0.478. The van der Waals surface area contributed by atoms with Crippen LogP contribution in [0.1, 0.15) is 50.3 Å². The maximum atomic E-state index is 12.9. The van der Waals surface area contributed by atoms with Crippen LogP contribution in [0, 0.1) is 11.8 Å². The SMILES string of the molecule is CC(C)C[C@@H](NC(=O)C1CCN(c2ccc(C(F)(F)F)c[nH+]2)CC1)c1ccccc1. The molecule has 2 heterocycles. The zero-order chi connectivity index (χ0) is 21.7. The van der Waals surface area contributed by atoms with Gasteiger partial charge in [-0.25, -0.2) is 4.98 Å². The number of carbonyl (C=O) groups excluding carboxylic acids is 1. The molecular formula is C23H29F3N3O+. The summed E-state index contributed by atoms with van der Waals surface area (Å²) in [5.41, 5.74) is 0.411. The summed E-state index contributed by atoms with van der Waals surface area (Å²) >= 11 is 0. The number of aromatic amines is 1. The number of alkyl halides is 3. The minimum absolute atomic E-state index is 0.0139. The molecule has 0 spiro atoms. The first-order chi connectivity index (χ1) is 14.2. The van der Waals surface area contributed by atoms with Crippen molar-refractivity contribution in [3.8, 4) is 0 Å². The third kappa shape index (κ3) is 5.74. The summed E-state index contributed by atoms with van der Waals surface area (Å²) in [6.45, 7) is 5.53. The number of carbonyl (C=O) groups is 1. The third-order valence-corrected chi connectivity index (χ3v) is 5.56. The van der Waals surface area contributed by atoms with Gasteiger partial charge in [-0.15, -0.1) is 0 Å². The van der Waals surface area contributed by atoms with E-state index in [0.717, 1.165) is 24.2 Å². The van der Waals surface area contributed by atoms with Gasteiger partial charge >= 0.3 is 6.18 Å². The highest BCUT2D eigenvalue weighted by Crippen LogP contribution is 2.29. The van der Waals surface area contributed by atoms with Gasteiger partial charge in [-0.1, -0.05) is 44.2 Å². The molecular weight excluding hydrogens is 391 g/mol. The Morgan fingerprint density at radius 1 is 1.13 bits per heavy atom. The summed E-state index contributed by atoms with van der Waals surface area (Å²) in [6.07, 6.45) is -1.15. The van der Waals surface area contributed by atoms with Crippen molar-refractivity contribution in [2.75, 3.05) is 18.0 Å². The van der Waals surface area contributed by atoms with E-state index >= 15 is 0 Å². The second kappa shape index (κ2) is 9.49. The van der Waals surface area contributed by atoms with E-state index in [0.29, 0.717) is 37.7 Å². The molecule has 162 valence electrons. The van der Waals surface area contributed by atoms with Crippen molar-refractivity contribution in [3.05, 3.63) is 59.8 Å². The Morgan fingerprint density at radius 2 is 1.80 bits per heavy atom. The molecule has 1 aromatic carbocycles. The minimum atomic E-state index is -4.36. The molecule has 2 N–H and O–H groups in total. The highest BCUT2D eigenvalue weighted by Gasteiger charge is 2.34. The van der Waals surface area contributed by atoms with Crippen molar-refractivity contribution < 1.29 is 22.9 Å². The van der Waals surface area contributed by atoms with Crippen LogP contribution in [0.5, 0.6) is 0 Å². The molecule has 0 saturated carbocycles. The summed E-state index contributed by atoms with van der Waals surface area (Å²) in [7, 11) is 0. The van der Waals surface area contributed by atoms with Gasteiger partial charge in [-0.2, -0.15) is 13.2 Å². The number of pyridine rings is 1. The maximum Gasteiger partial charge on any atom is 0.419 e. The highest BCUT2D eigenvalue weighted by molar-refractivity contribution is 5.79. The first-order valence-electron chi connectivity index (χ1n) is 10.4. The van der Waals surface area contributed by atoms with Crippen LogP contribution in [0.2, 0.25) is 0 Å². The first-order valence-corrected chi connectivity index (χ1v) is 10.4. The second-order valence-electron chi connectivity index (χ2n) is 8.32. The highest BCUT2D eigenvalue weighted by atomic mass is 19.4. The van der Waals surface area contributed by atoms with Crippen LogP contribution in [-0.2, 0) is 11.0 Å². The summed E-state index contributed by atoms with van der Waals surface area (Å²) in [4.78, 5) is 17.6. The Bertz CT molecular complexity index is 814. The largest absolute Gasteiger partial charge is 0.419 e. The van der Waals surface area contributed by atoms with Crippen molar-refractivity contribution in [2.45, 2.75) is 45.3 Å².